The van der Waals surface area contributed by atoms with Crippen LogP contribution in [0.15, 0.2) is 18.2 Å². The maximum atomic E-state index is 12.1. The number of carbonyl (C=O) groups excluding carboxylic acids is 1. The molecule has 1 aromatic rings. The van der Waals surface area contributed by atoms with Crippen molar-refractivity contribution < 1.29 is 4.79 Å². The fourth-order valence-electron chi connectivity index (χ4n) is 2.78. The minimum Gasteiger partial charge on any atom is -0.325 e. The van der Waals surface area contributed by atoms with Crippen LogP contribution in [0.5, 0.6) is 0 Å². The van der Waals surface area contributed by atoms with Crippen molar-refractivity contribution >= 4 is 11.6 Å². The maximum absolute atomic E-state index is 12.1. The number of benzene rings is 1. The number of nitrogens with one attached hydrogen (secondary N) is 1. The summed E-state index contributed by atoms with van der Waals surface area (Å²) in [5.74, 6) is 0.0862. The average molecular weight is 260 g/mol. The lowest BCUT2D eigenvalue weighted by molar-refractivity contribution is -0.117. The second-order valence-corrected chi connectivity index (χ2v) is 5.65. The summed E-state index contributed by atoms with van der Waals surface area (Å²) in [5, 5.41) is 3.02. The first-order valence-corrected chi connectivity index (χ1v) is 7.14. The highest BCUT2D eigenvalue weighted by Gasteiger charge is 2.21. The summed E-state index contributed by atoms with van der Waals surface area (Å²) < 4.78 is 0. The van der Waals surface area contributed by atoms with Gasteiger partial charge in [-0.1, -0.05) is 25.0 Å². The van der Waals surface area contributed by atoms with Gasteiger partial charge in [0.1, 0.15) is 0 Å². The lowest BCUT2D eigenvalue weighted by Gasteiger charge is -2.23. The summed E-state index contributed by atoms with van der Waals surface area (Å²) in [5.41, 5.74) is 3.30. The van der Waals surface area contributed by atoms with Gasteiger partial charge < -0.3 is 5.32 Å². The first-order chi connectivity index (χ1) is 9.08. The quantitative estimate of drug-likeness (QED) is 0.902. The molecule has 2 rings (SSSR count). The standard InChI is InChI=1S/C16H24N2O/c1-12-7-6-10-15(13(12)2)17-16(19)11-18(3)14-8-4-5-9-14/h6-7,10,14H,4-5,8-9,11H2,1-3H3,(H,17,19). The van der Waals surface area contributed by atoms with Crippen LogP contribution in [0, 0.1) is 13.8 Å². The Morgan fingerprint density at radius 3 is 2.68 bits per heavy atom. The molecule has 1 amide bonds. The molecule has 1 aliphatic rings. The van der Waals surface area contributed by atoms with E-state index in [1.807, 2.05) is 19.1 Å². The largest absolute Gasteiger partial charge is 0.325 e. The number of likely N-dealkylation sites (N-methyl/N-ethyl adjacent to an activating group) is 1. The van der Waals surface area contributed by atoms with Gasteiger partial charge in [-0.3, -0.25) is 9.69 Å². The van der Waals surface area contributed by atoms with Crippen LogP contribution in [0.2, 0.25) is 0 Å². The van der Waals surface area contributed by atoms with E-state index in [1.165, 1.54) is 31.2 Å². The van der Waals surface area contributed by atoms with Crippen molar-refractivity contribution in [3.8, 4) is 0 Å². The smallest absolute Gasteiger partial charge is 0.238 e. The number of hydrogen-bond donors (Lipinski definition) is 1. The second-order valence-electron chi connectivity index (χ2n) is 5.65. The van der Waals surface area contributed by atoms with Crippen molar-refractivity contribution in [1.29, 1.82) is 0 Å². The highest BCUT2D eigenvalue weighted by Crippen LogP contribution is 2.22. The third-order valence-electron chi connectivity index (χ3n) is 4.22. The minimum atomic E-state index is 0.0862. The van der Waals surface area contributed by atoms with Crippen molar-refractivity contribution in [3.63, 3.8) is 0 Å². The van der Waals surface area contributed by atoms with E-state index in [1.54, 1.807) is 0 Å². The predicted octanol–water partition coefficient (Wildman–Crippen LogP) is 3.12. The van der Waals surface area contributed by atoms with Gasteiger partial charge in [-0.05, 0) is 50.9 Å². The molecular weight excluding hydrogens is 236 g/mol. The molecule has 1 aromatic carbocycles. The van der Waals surface area contributed by atoms with E-state index < -0.39 is 0 Å². The van der Waals surface area contributed by atoms with E-state index in [0.717, 1.165) is 11.3 Å². The molecule has 0 unspecified atom stereocenters. The molecule has 3 nitrogen and oxygen atoms in total. The second kappa shape index (κ2) is 6.20. The fraction of sp³-hybridized carbons (Fsp3) is 0.562. The molecular formula is C16H24N2O. The zero-order chi connectivity index (χ0) is 13.8. The van der Waals surface area contributed by atoms with E-state index in [4.69, 9.17) is 0 Å². The SMILES string of the molecule is Cc1cccc(NC(=O)CN(C)C2CCCC2)c1C. The summed E-state index contributed by atoms with van der Waals surface area (Å²) in [4.78, 5) is 14.3. The molecule has 0 bridgehead atoms. The van der Waals surface area contributed by atoms with Crippen molar-refractivity contribution in [3.05, 3.63) is 29.3 Å². The summed E-state index contributed by atoms with van der Waals surface area (Å²) in [6.45, 7) is 4.60. The molecule has 1 fully saturated rings. The lowest BCUT2D eigenvalue weighted by Crippen LogP contribution is -2.36. The number of aryl methyl sites for hydroxylation is 1. The number of carbonyl (C=O) groups is 1. The van der Waals surface area contributed by atoms with Gasteiger partial charge in [0, 0.05) is 11.7 Å². The zero-order valence-electron chi connectivity index (χ0n) is 12.2. The van der Waals surface area contributed by atoms with E-state index in [2.05, 4.69) is 30.3 Å². The molecule has 1 N–H and O–H groups in total. The van der Waals surface area contributed by atoms with Crippen molar-refractivity contribution in [2.45, 2.75) is 45.6 Å². The van der Waals surface area contributed by atoms with Crippen LogP contribution >= 0.6 is 0 Å². The van der Waals surface area contributed by atoms with Crippen molar-refractivity contribution in [1.82, 2.24) is 4.90 Å². The molecule has 0 spiro atoms. The number of hydrogen-bond acceptors (Lipinski definition) is 2. The Bertz CT molecular complexity index is 450. The molecule has 0 aliphatic heterocycles. The van der Waals surface area contributed by atoms with Gasteiger partial charge >= 0.3 is 0 Å². The molecule has 0 heterocycles. The summed E-state index contributed by atoms with van der Waals surface area (Å²) >= 11 is 0. The lowest BCUT2D eigenvalue weighted by atomic mass is 10.1. The van der Waals surface area contributed by atoms with Crippen LogP contribution in [-0.4, -0.2) is 30.4 Å². The van der Waals surface area contributed by atoms with Gasteiger partial charge in [0.2, 0.25) is 5.91 Å². The number of anilines is 1. The van der Waals surface area contributed by atoms with Crippen molar-refractivity contribution in [2.75, 3.05) is 18.9 Å². The van der Waals surface area contributed by atoms with Crippen LogP contribution in [0.1, 0.15) is 36.8 Å². The van der Waals surface area contributed by atoms with Crippen molar-refractivity contribution in [2.24, 2.45) is 0 Å². The van der Waals surface area contributed by atoms with Gasteiger partial charge in [0.15, 0.2) is 0 Å². The Labute approximate surface area is 116 Å². The summed E-state index contributed by atoms with van der Waals surface area (Å²) in [6.07, 6.45) is 5.06. The van der Waals surface area contributed by atoms with Gasteiger partial charge in [0.25, 0.3) is 0 Å². The zero-order valence-corrected chi connectivity index (χ0v) is 12.2. The Kier molecular flexibility index (Phi) is 4.59. The summed E-state index contributed by atoms with van der Waals surface area (Å²) in [7, 11) is 2.05. The summed E-state index contributed by atoms with van der Waals surface area (Å²) in [6, 6.07) is 6.61. The number of rotatable bonds is 4. The normalized spacial score (nSPS) is 16.0. The first kappa shape index (κ1) is 14.1. The Morgan fingerprint density at radius 2 is 2.00 bits per heavy atom. The molecule has 104 valence electrons. The van der Waals surface area contributed by atoms with Gasteiger partial charge in [0.05, 0.1) is 6.54 Å². The predicted molar refractivity (Wildman–Crippen MR) is 79.4 cm³/mol. The topological polar surface area (TPSA) is 32.3 Å². The molecule has 3 heteroatoms. The maximum Gasteiger partial charge on any atom is 0.238 e. The van der Waals surface area contributed by atoms with Crippen LogP contribution in [0.4, 0.5) is 5.69 Å². The Morgan fingerprint density at radius 1 is 1.32 bits per heavy atom. The first-order valence-electron chi connectivity index (χ1n) is 7.14. The monoisotopic (exact) mass is 260 g/mol. The molecule has 1 aliphatic carbocycles. The van der Waals surface area contributed by atoms with Crippen LogP contribution in [-0.2, 0) is 4.79 Å². The van der Waals surface area contributed by atoms with Crippen LogP contribution in [0.3, 0.4) is 0 Å². The average Bonchev–Trinajstić information content (AvgIpc) is 2.88. The number of amides is 1. The highest BCUT2D eigenvalue weighted by atomic mass is 16.2. The van der Waals surface area contributed by atoms with Crippen LogP contribution in [0.25, 0.3) is 0 Å². The minimum absolute atomic E-state index is 0.0862. The van der Waals surface area contributed by atoms with Gasteiger partial charge in [-0.15, -0.1) is 0 Å². The molecule has 0 radical (unpaired) electrons. The number of nitrogens with zero attached hydrogens (tertiary/aromatic N) is 1. The van der Waals surface area contributed by atoms with E-state index in [-0.39, 0.29) is 5.91 Å². The van der Waals surface area contributed by atoms with Crippen LogP contribution < -0.4 is 5.32 Å². The van der Waals surface area contributed by atoms with E-state index in [0.29, 0.717) is 12.6 Å². The fourth-order valence-corrected chi connectivity index (χ4v) is 2.78. The third kappa shape index (κ3) is 3.57. The molecule has 0 aromatic heterocycles. The Hall–Kier alpha value is -1.35. The van der Waals surface area contributed by atoms with E-state index in [9.17, 15) is 4.79 Å². The molecule has 1 saturated carbocycles. The van der Waals surface area contributed by atoms with E-state index >= 15 is 0 Å². The van der Waals surface area contributed by atoms with Gasteiger partial charge in [-0.2, -0.15) is 0 Å². The van der Waals surface area contributed by atoms with Gasteiger partial charge in [-0.25, -0.2) is 0 Å². The molecule has 0 saturated heterocycles. The molecule has 19 heavy (non-hydrogen) atoms. The third-order valence-corrected chi connectivity index (χ3v) is 4.22. The Balaban J connectivity index is 1.91. The molecule has 0 atom stereocenters. The highest BCUT2D eigenvalue weighted by molar-refractivity contribution is 5.93.